The van der Waals surface area contributed by atoms with E-state index in [1.807, 2.05) is 39.0 Å². The van der Waals surface area contributed by atoms with Crippen LogP contribution >= 0.6 is 0 Å². The molecule has 0 saturated carbocycles. The van der Waals surface area contributed by atoms with Crippen LogP contribution in [0.5, 0.6) is 0 Å². The number of carbonyl (C=O) groups is 1. The minimum atomic E-state index is -5.06. The van der Waals surface area contributed by atoms with E-state index in [0.29, 0.717) is 40.5 Å². The molecule has 0 atom stereocenters. The zero-order valence-electron chi connectivity index (χ0n) is 38.5. The lowest BCUT2D eigenvalue weighted by Crippen LogP contribution is -2.28. The number of aromatic carboxylic acids is 1. The summed E-state index contributed by atoms with van der Waals surface area (Å²) in [6.07, 6.45) is 9.83. The summed E-state index contributed by atoms with van der Waals surface area (Å²) in [5.74, 6) is -1.85. The van der Waals surface area contributed by atoms with Crippen LogP contribution in [0.4, 0.5) is 11.4 Å². The Morgan fingerprint density at radius 3 is 1.97 bits per heavy atom. The van der Waals surface area contributed by atoms with E-state index in [-0.39, 0.29) is 39.9 Å². The van der Waals surface area contributed by atoms with E-state index < -0.39 is 83.4 Å². The first kappa shape index (κ1) is 54.3. The summed E-state index contributed by atoms with van der Waals surface area (Å²) in [7, 11) is -22.2. The first-order chi connectivity index (χ1) is 32.8. The lowest BCUT2D eigenvalue weighted by molar-refractivity contribution is -0.438. The lowest BCUT2D eigenvalue weighted by Gasteiger charge is -2.27. The minimum absolute atomic E-state index is 0.0352. The van der Waals surface area contributed by atoms with Crippen molar-refractivity contribution >= 4 is 101 Å². The third-order valence-electron chi connectivity index (χ3n) is 12.3. The average molecular weight is 1080 g/mol. The number of carboxylic acid groups (broad SMARTS) is 1. The van der Waals surface area contributed by atoms with Gasteiger partial charge in [-0.25, -0.2) is 4.79 Å². The van der Waals surface area contributed by atoms with Gasteiger partial charge in [-0.2, -0.15) is 38.2 Å². The summed E-state index contributed by atoms with van der Waals surface area (Å²) < 4.78 is 166. The summed E-state index contributed by atoms with van der Waals surface area (Å²) in [5.41, 5.74) is 2.24. The number of allylic oxidation sites excluding steroid dienone is 6. The molecule has 5 aromatic rings. The maximum atomic E-state index is 12.7. The summed E-state index contributed by atoms with van der Waals surface area (Å²) in [6.45, 7) is 10.0. The molecule has 0 radical (unpaired) electrons. The number of pyridine rings is 1. The highest BCUT2D eigenvalue weighted by atomic mass is 32.2. The van der Waals surface area contributed by atoms with Crippen LogP contribution in [0, 0.1) is 0 Å². The highest BCUT2D eigenvalue weighted by molar-refractivity contribution is 7.87. The van der Waals surface area contributed by atoms with Crippen molar-refractivity contribution < 1.29 is 79.0 Å². The molecular formula is C46H48N3O17S5+. The van der Waals surface area contributed by atoms with Crippen molar-refractivity contribution in [3.63, 3.8) is 0 Å². The Morgan fingerprint density at radius 1 is 0.746 bits per heavy atom. The zero-order valence-corrected chi connectivity index (χ0v) is 42.6. The Bertz CT molecular complexity index is 3760. The number of carboxylic acids is 1. The number of fused-ring (bicyclic) bond motifs is 6. The molecule has 4 aromatic carbocycles. The normalized spacial score (nSPS) is 16.4. The van der Waals surface area contributed by atoms with E-state index in [0.717, 1.165) is 41.3 Å². The lowest BCUT2D eigenvalue weighted by atomic mass is 9.79. The van der Waals surface area contributed by atoms with Crippen molar-refractivity contribution in [3.8, 4) is 0 Å². The average Bonchev–Trinajstić information content (AvgIpc) is 3.61. The Hall–Kier alpha value is -6.03. The molecule has 25 heteroatoms. The number of nitrogens with zero attached hydrogens (tertiary/aromatic N) is 3. The van der Waals surface area contributed by atoms with Gasteiger partial charge in [0, 0.05) is 64.6 Å². The summed E-state index contributed by atoms with van der Waals surface area (Å²) in [5, 5.41) is 11.3. The monoisotopic (exact) mass is 1070 g/mol. The smallest absolute Gasteiger partial charge is 0.425 e. The van der Waals surface area contributed by atoms with Gasteiger partial charge in [0.05, 0.1) is 32.2 Å². The second-order valence-electron chi connectivity index (χ2n) is 17.6. The molecule has 7 rings (SSSR count). The van der Waals surface area contributed by atoms with Crippen LogP contribution in [0.2, 0.25) is 0 Å². The third-order valence-corrected chi connectivity index (χ3v) is 15.6. The molecule has 0 bridgehead atoms. The Kier molecular flexibility index (Phi) is 15.2. The maximum absolute atomic E-state index is 12.7. The van der Waals surface area contributed by atoms with Crippen molar-refractivity contribution in [1.82, 2.24) is 4.98 Å². The first-order valence-electron chi connectivity index (χ1n) is 21.3. The van der Waals surface area contributed by atoms with E-state index in [4.69, 9.17) is 12.6 Å². The standard InChI is InChI=1S/C46H47N3O14S4.O3S/c1-6-7-21-48-37-15-10-28-9-13-31(65(55,56)57)25-34(28)42(37)45(2,3)40(48)17-11-29(36-24-30(44(50)51)19-20-47-36)12-18-41-46(4,5)43-35-26-32(66(58,59)60)27-39(67(61,62)63)33(35)14-16-38(43)49(41)22-8-23-64(52,53)54;1-4(2)3/h9-20,24-27H,6-8,21-23H2,1-5H3,(H4-,50,51,52,53,54,55,56,57,58,59,60,61,62,63);/p+1. The number of hydrogen-bond donors (Lipinski definition) is 5. The minimum Gasteiger partial charge on any atom is -0.478 e. The fraction of sp³-hybridized carbons (Fsp3) is 0.283. The highest BCUT2D eigenvalue weighted by Gasteiger charge is 2.46. The Labute approximate surface area is 411 Å². The summed E-state index contributed by atoms with van der Waals surface area (Å²) in [4.78, 5) is 16.6. The van der Waals surface area contributed by atoms with Crippen LogP contribution in [-0.2, 0) is 61.9 Å². The van der Waals surface area contributed by atoms with Gasteiger partial charge in [-0.3, -0.25) is 23.2 Å². The van der Waals surface area contributed by atoms with Crippen molar-refractivity contribution in [2.75, 3.05) is 23.7 Å². The van der Waals surface area contributed by atoms with E-state index in [9.17, 15) is 61.8 Å². The van der Waals surface area contributed by atoms with Crippen LogP contribution in [0.25, 0.3) is 27.1 Å². The number of benzene rings is 4. The molecule has 3 heterocycles. The molecule has 0 spiro atoms. The maximum Gasteiger partial charge on any atom is 0.425 e. The van der Waals surface area contributed by atoms with Gasteiger partial charge in [0.2, 0.25) is 5.69 Å². The van der Waals surface area contributed by atoms with Gasteiger partial charge >= 0.3 is 16.6 Å². The van der Waals surface area contributed by atoms with Gasteiger partial charge in [0.1, 0.15) is 11.4 Å². The molecule has 2 aliphatic heterocycles. The predicted octanol–water partition coefficient (Wildman–Crippen LogP) is 6.60. The highest BCUT2D eigenvalue weighted by Crippen LogP contribution is 2.52. The molecular weight excluding hydrogens is 1030 g/mol. The molecule has 0 fully saturated rings. The van der Waals surface area contributed by atoms with Gasteiger partial charge in [0.15, 0.2) is 5.71 Å². The molecule has 71 heavy (non-hydrogen) atoms. The van der Waals surface area contributed by atoms with Crippen LogP contribution < -0.4 is 4.90 Å². The number of unbranched alkanes of at least 4 members (excludes halogenated alkanes) is 1. The largest absolute Gasteiger partial charge is 0.478 e. The second kappa shape index (κ2) is 19.9. The molecule has 2 aliphatic rings. The van der Waals surface area contributed by atoms with Crippen LogP contribution in [-0.4, -0.2) is 110 Å². The molecule has 0 saturated heterocycles. The molecule has 378 valence electrons. The van der Waals surface area contributed by atoms with Crippen molar-refractivity contribution in [3.05, 3.63) is 125 Å². The Morgan fingerprint density at radius 2 is 1.38 bits per heavy atom. The molecule has 0 aliphatic carbocycles. The van der Waals surface area contributed by atoms with Crippen LogP contribution in [0.3, 0.4) is 0 Å². The third kappa shape index (κ3) is 11.5. The number of hydrogen-bond acceptors (Lipinski definition) is 14. The van der Waals surface area contributed by atoms with Gasteiger partial charge in [0.25, 0.3) is 40.5 Å². The fourth-order valence-electron chi connectivity index (χ4n) is 9.21. The SMILES string of the molecule is CCCC[N+]1=C(/C=C/C(=C/C=C2/N(CCCS(=O)(=O)O)c3ccc4c(S(=O)(=O)O)cc(S(=O)(=O)O)cc4c3C2(C)C)c2cc(C(=O)O)ccn2)C(C)(C)c2c1ccc1ccc(S(=O)(=O)O)cc21.O=S(=O)=O. The van der Waals surface area contributed by atoms with E-state index in [1.54, 1.807) is 43.0 Å². The number of anilines is 1. The topological polar surface area (TPSA) is 325 Å². The van der Waals surface area contributed by atoms with Gasteiger partial charge in [-0.15, -0.1) is 12.6 Å². The molecule has 5 N–H and O–H groups in total. The van der Waals surface area contributed by atoms with Crippen molar-refractivity contribution in [2.45, 2.75) is 79.4 Å². The molecule has 0 unspecified atom stereocenters. The summed E-state index contributed by atoms with van der Waals surface area (Å²) >= 11 is 0. The Balaban J connectivity index is 0.00000199. The van der Waals surface area contributed by atoms with Gasteiger partial charge in [-0.1, -0.05) is 45.4 Å². The first-order valence-corrected chi connectivity index (χ1v) is 28.3. The van der Waals surface area contributed by atoms with Crippen LogP contribution in [0.15, 0.2) is 118 Å². The quantitative estimate of drug-likeness (QED) is 0.0419. The van der Waals surface area contributed by atoms with Gasteiger partial charge < -0.3 is 10.0 Å². The zero-order chi connectivity index (χ0) is 52.8. The number of rotatable bonds is 15. The fourth-order valence-corrected chi connectivity index (χ4v) is 11.6. The van der Waals surface area contributed by atoms with E-state index >= 15 is 0 Å². The predicted molar refractivity (Wildman–Crippen MR) is 263 cm³/mol. The second-order valence-corrected chi connectivity index (χ2v) is 23.8. The molecule has 0 amide bonds. The van der Waals surface area contributed by atoms with Crippen LogP contribution in [0.1, 0.15) is 81.1 Å². The van der Waals surface area contributed by atoms with Crippen molar-refractivity contribution in [2.24, 2.45) is 0 Å². The molecule has 20 nitrogen and oxygen atoms in total. The van der Waals surface area contributed by atoms with E-state index in [1.165, 1.54) is 42.6 Å². The van der Waals surface area contributed by atoms with Gasteiger partial charge in [-0.05, 0) is 103 Å². The molecule has 1 aromatic heterocycles. The van der Waals surface area contributed by atoms with Crippen molar-refractivity contribution in [1.29, 1.82) is 0 Å². The summed E-state index contributed by atoms with van der Waals surface area (Å²) in [6, 6.07) is 15.6. The number of aromatic nitrogens is 1. The van der Waals surface area contributed by atoms with E-state index in [2.05, 4.69) is 9.56 Å².